The Morgan fingerprint density at radius 2 is 1.86 bits per heavy atom. The molecule has 3 rings (SSSR count). The van der Waals surface area contributed by atoms with Crippen LogP contribution in [0.4, 0.5) is 0 Å². The van der Waals surface area contributed by atoms with Crippen LogP contribution in [0.3, 0.4) is 0 Å². The van der Waals surface area contributed by atoms with Crippen LogP contribution in [0.15, 0.2) is 40.8 Å². The molecule has 1 aliphatic rings. The Bertz CT molecular complexity index is 946. The first kappa shape index (κ1) is 21.4. The van der Waals surface area contributed by atoms with Crippen molar-refractivity contribution < 1.29 is 22.4 Å². The summed E-state index contributed by atoms with van der Waals surface area (Å²) in [5.41, 5.74) is 1.20. The Morgan fingerprint density at radius 3 is 2.38 bits per heavy atom. The zero-order valence-electron chi connectivity index (χ0n) is 17.4. The normalized spacial score (nSPS) is 19.3. The number of nitrogens with zero attached hydrogens (tertiary/aromatic N) is 1. The van der Waals surface area contributed by atoms with Gasteiger partial charge in [-0.2, -0.15) is 0 Å². The summed E-state index contributed by atoms with van der Waals surface area (Å²) in [4.78, 5) is 14.8. The summed E-state index contributed by atoms with van der Waals surface area (Å²) in [5, 5.41) is 0. The summed E-state index contributed by atoms with van der Waals surface area (Å²) < 4.78 is 35.5. The maximum atomic E-state index is 13.2. The molecule has 6 nitrogen and oxygen atoms in total. The molecule has 2 aromatic rings. The van der Waals surface area contributed by atoms with Crippen molar-refractivity contribution in [3.05, 3.63) is 53.5 Å². The van der Waals surface area contributed by atoms with E-state index in [1.54, 1.807) is 11.8 Å². The van der Waals surface area contributed by atoms with Crippen LogP contribution in [-0.2, 0) is 21.2 Å². The van der Waals surface area contributed by atoms with Crippen molar-refractivity contribution in [2.45, 2.75) is 58.7 Å². The van der Waals surface area contributed by atoms with Gasteiger partial charge in [-0.05, 0) is 56.0 Å². The molecule has 0 unspecified atom stereocenters. The number of hydrogen-bond acceptors (Lipinski definition) is 5. The highest BCUT2D eigenvalue weighted by atomic mass is 32.2. The Labute approximate surface area is 172 Å². The van der Waals surface area contributed by atoms with E-state index in [0.29, 0.717) is 23.8 Å². The zero-order valence-corrected chi connectivity index (χ0v) is 18.2. The summed E-state index contributed by atoms with van der Waals surface area (Å²) >= 11 is 0. The summed E-state index contributed by atoms with van der Waals surface area (Å²) in [6, 6.07) is 11.0. The highest BCUT2D eigenvalue weighted by Gasteiger charge is 2.37. The molecule has 1 aromatic carbocycles. The first-order valence-corrected chi connectivity index (χ1v) is 11.8. The average Bonchev–Trinajstić information content (AvgIpc) is 3.24. The quantitative estimate of drug-likeness (QED) is 0.684. The molecule has 29 heavy (non-hydrogen) atoms. The molecule has 1 fully saturated rings. The van der Waals surface area contributed by atoms with E-state index in [-0.39, 0.29) is 30.0 Å². The smallest absolute Gasteiger partial charge is 0.264 e. The van der Waals surface area contributed by atoms with Crippen LogP contribution < -0.4 is 4.74 Å². The van der Waals surface area contributed by atoms with Gasteiger partial charge in [0.1, 0.15) is 17.3 Å². The maximum Gasteiger partial charge on any atom is 0.264 e. The van der Waals surface area contributed by atoms with Gasteiger partial charge in [-0.15, -0.1) is 0 Å². The van der Waals surface area contributed by atoms with Crippen molar-refractivity contribution in [1.82, 2.24) is 4.90 Å². The van der Waals surface area contributed by atoms with Crippen molar-refractivity contribution in [3.8, 4) is 5.75 Å². The lowest BCUT2D eigenvalue weighted by molar-refractivity contribution is -0.140. The second-order valence-corrected chi connectivity index (χ2v) is 10.2. The second kappa shape index (κ2) is 8.61. The molecule has 7 heteroatoms. The third-order valence-corrected chi connectivity index (χ3v) is 7.01. The lowest BCUT2D eigenvalue weighted by Gasteiger charge is -2.30. The Morgan fingerprint density at radius 1 is 1.17 bits per heavy atom. The minimum atomic E-state index is -3.12. The number of hydrogen-bond donors (Lipinski definition) is 0. The highest BCUT2D eigenvalue weighted by molar-refractivity contribution is 7.91. The van der Waals surface area contributed by atoms with Crippen LogP contribution in [-0.4, -0.2) is 42.9 Å². The van der Waals surface area contributed by atoms with E-state index in [1.165, 1.54) is 5.56 Å². The van der Waals surface area contributed by atoms with E-state index in [4.69, 9.17) is 9.15 Å². The number of rotatable bonds is 7. The third kappa shape index (κ3) is 5.41. The number of carbonyl (C=O) groups is 1. The van der Waals surface area contributed by atoms with Gasteiger partial charge in [-0.3, -0.25) is 4.79 Å². The highest BCUT2D eigenvalue weighted by Crippen LogP contribution is 2.24. The molecule has 0 saturated carbocycles. The number of amides is 1. The monoisotopic (exact) mass is 419 g/mol. The van der Waals surface area contributed by atoms with Crippen molar-refractivity contribution >= 4 is 15.7 Å². The van der Waals surface area contributed by atoms with E-state index in [1.807, 2.05) is 43.3 Å². The Hall–Kier alpha value is -2.28. The molecule has 0 spiro atoms. The Kier molecular flexibility index (Phi) is 6.36. The molecule has 0 radical (unpaired) electrons. The minimum absolute atomic E-state index is 0.0196. The topological polar surface area (TPSA) is 76.8 Å². The van der Waals surface area contributed by atoms with Crippen LogP contribution in [0.2, 0.25) is 0 Å². The molecule has 0 bridgehead atoms. The third-order valence-electron chi connectivity index (χ3n) is 5.26. The summed E-state index contributed by atoms with van der Waals surface area (Å²) in [6.45, 7) is 8.00. The van der Waals surface area contributed by atoms with Crippen LogP contribution in [0.5, 0.6) is 5.75 Å². The van der Waals surface area contributed by atoms with Crippen molar-refractivity contribution in [2.75, 3.05) is 11.5 Å². The molecule has 2 atom stereocenters. The SMILES string of the molecule is Cc1ccc(CN(C(=O)[C@H](C)Oc2ccc(C(C)C)cc2)[C@H]2CCS(=O)(=O)C2)o1. The molecular formula is C22H29NO5S. The molecule has 1 aromatic heterocycles. The second-order valence-electron chi connectivity index (χ2n) is 8.02. The molecule has 1 amide bonds. The van der Waals surface area contributed by atoms with Gasteiger partial charge in [0.05, 0.1) is 18.1 Å². The van der Waals surface area contributed by atoms with Crippen LogP contribution in [0, 0.1) is 6.92 Å². The lowest BCUT2D eigenvalue weighted by atomic mass is 10.0. The van der Waals surface area contributed by atoms with E-state index < -0.39 is 15.9 Å². The van der Waals surface area contributed by atoms with Gasteiger partial charge in [-0.25, -0.2) is 8.42 Å². The van der Waals surface area contributed by atoms with Gasteiger partial charge in [0.2, 0.25) is 0 Å². The fraction of sp³-hybridized carbons (Fsp3) is 0.500. The number of furan rings is 1. The predicted molar refractivity (Wildman–Crippen MR) is 112 cm³/mol. The summed E-state index contributed by atoms with van der Waals surface area (Å²) in [6.07, 6.45) is -0.303. The van der Waals surface area contributed by atoms with Gasteiger partial charge >= 0.3 is 0 Å². The van der Waals surface area contributed by atoms with Gasteiger partial charge in [0.15, 0.2) is 15.9 Å². The van der Waals surface area contributed by atoms with Crippen molar-refractivity contribution in [1.29, 1.82) is 0 Å². The van der Waals surface area contributed by atoms with Crippen LogP contribution in [0.1, 0.15) is 50.2 Å². The fourth-order valence-corrected chi connectivity index (χ4v) is 5.30. The maximum absolute atomic E-state index is 13.2. The molecular weight excluding hydrogens is 390 g/mol. The van der Waals surface area contributed by atoms with E-state index in [2.05, 4.69) is 13.8 Å². The van der Waals surface area contributed by atoms with Gasteiger partial charge in [-0.1, -0.05) is 26.0 Å². The number of sulfone groups is 1. The summed E-state index contributed by atoms with van der Waals surface area (Å²) in [5.74, 6) is 2.25. The predicted octanol–water partition coefficient (Wildman–Crippen LogP) is 3.69. The van der Waals surface area contributed by atoms with E-state index in [0.717, 1.165) is 5.76 Å². The molecule has 0 N–H and O–H groups in total. The van der Waals surface area contributed by atoms with E-state index in [9.17, 15) is 13.2 Å². The number of carbonyl (C=O) groups excluding carboxylic acids is 1. The fourth-order valence-electron chi connectivity index (χ4n) is 3.57. The Balaban J connectivity index is 1.75. The molecule has 0 aliphatic carbocycles. The first-order valence-electron chi connectivity index (χ1n) is 9.97. The zero-order chi connectivity index (χ0) is 21.2. The van der Waals surface area contributed by atoms with Crippen LogP contribution >= 0.6 is 0 Å². The van der Waals surface area contributed by atoms with Crippen molar-refractivity contribution in [3.63, 3.8) is 0 Å². The van der Waals surface area contributed by atoms with E-state index >= 15 is 0 Å². The van der Waals surface area contributed by atoms with Gasteiger partial charge in [0, 0.05) is 6.04 Å². The lowest BCUT2D eigenvalue weighted by Crippen LogP contribution is -2.46. The molecule has 1 saturated heterocycles. The molecule has 1 aliphatic heterocycles. The largest absolute Gasteiger partial charge is 0.481 e. The average molecular weight is 420 g/mol. The van der Waals surface area contributed by atoms with Gasteiger partial charge in [0.25, 0.3) is 5.91 Å². The number of aryl methyl sites for hydroxylation is 1. The molecule has 158 valence electrons. The van der Waals surface area contributed by atoms with Gasteiger partial charge < -0.3 is 14.1 Å². The number of benzene rings is 1. The first-order chi connectivity index (χ1) is 13.6. The van der Waals surface area contributed by atoms with Crippen molar-refractivity contribution in [2.24, 2.45) is 0 Å². The summed E-state index contributed by atoms with van der Waals surface area (Å²) in [7, 11) is -3.12. The standard InChI is InChI=1S/C22H29NO5S/c1-15(2)18-6-9-20(10-7-18)28-17(4)22(24)23(13-21-8-5-16(3)27-21)19-11-12-29(25,26)14-19/h5-10,15,17,19H,11-14H2,1-4H3/t17-,19-/m0/s1. The number of ether oxygens (including phenoxy) is 1. The molecule has 2 heterocycles. The minimum Gasteiger partial charge on any atom is -0.481 e. The van der Waals surface area contributed by atoms with Crippen LogP contribution in [0.25, 0.3) is 0 Å².